The molecule has 2 N–H and O–H groups in total. The molecule has 5 heteroatoms. The second kappa shape index (κ2) is 6.65. The molecule has 2 rings (SSSR count). The third-order valence-corrected chi connectivity index (χ3v) is 2.67. The molecule has 2 aromatic carbocycles. The Morgan fingerprint density at radius 2 is 1.70 bits per heavy atom. The molecular formula is C15H14F2N2O. The molecule has 0 aliphatic heterocycles. The van der Waals surface area contributed by atoms with E-state index in [9.17, 15) is 13.6 Å². The predicted octanol–water partition coefficient (Wildman–Crippen LogP) is 3.41. The summed E-state index contributed by atoms with van der Waals surface area (Å²) in [5, 5.41) is 5.47. The Balaban J connectivity index is 1.78. The maximum absolute atomic E-state index is 13.3. The second-order valence-corrected chi connectivity index (χ2v) is 4.21. The Hall–Kier alpha value is -2.43. The average Bonchev–Trinajstić information content (AvgIpc) is 2.44. The summed E-state index contributed by atoms with van der Waals surface area (Å²) in [5.74, 6) is -1.06. The van der Waals surface area contributed by atoms with Gasteiger partial charge in [-0.15, -0.1) is 0 Å². The van der Waals surface area contributed by atoms with Crippen LogP contribution in [-0.4, -0.2) is 12.5 Å². The summed E-state index contributed by atoms with van der Waals surface area (Å²) >= 11 is 0. The van der Waals surface area contributed by atoms with Gasteiger partial charge in [-0.25, -0.2) is 8.78 Å². The van der Waals surface area contributed by atoms with Crippen molar-refractivity contribution in [2.24, 2.45) is 0 Å². The molecule has 2 aromatic rings. The van der Waals surface area contributed by atoms with E-state index in [0.29, 0.717) is 6.54 Å². The van der Waals surface area contributed by atoms with Gasteiger partial charge in [0.15, 0.2) is 0 Å². The first-order chi connectivity index (χ1) is 9.65. The quantitative estimate of drug-likeness (QED) is 0.878. The van der Waals surface area contributed by atoms with Crippen LogP contribution in [0.3, 0.4) is 0 Å². The maximum Gasteiger partial charge on any atom is 0.226 e. The Labute approximate surface area is 115 Å². The summed E-state index contributed by atoms with van der Waals surface area (Å²) in [6, 6.07) is 11.8. The zero-order chi connectivity index (χ0) is 14.4. The van der Waals surface area contributed by atoms with E-state index in [2.05, 4.69) is 10.6 Å². The van der Waals surface area contributed by atoms with Crippen molar-refractivity contribution < 1.29 is 13.6 Å². The molecule has 1 amide bonds. The molecule has 0 aliphatic carbocycles. The van der Waals surface area contributed by atoms with E-state index in [-0.39, 0.29) is 23.8 Å². The minimum atomic E-state index is -0.465. The van der Waals surface area contributed by atoms with Gasteiger partial charge in [0, 0.05) is 18.7 Å². The van der Waals surface area contributed by atoms with E-state index in [4.69, 9.17) is 0 Å². The van der Waals surface area contributed by atoms with Gasteiger partial charge in [-0.05, 0) is 36.4 Å². The van der Waals surface area contributed by atoms with Crippen LogP contribution < -0.4 is 10.6 Å². The van der Waals surface area contributed by atoms with Crippen molar-refractivity contribution in [1.82, 2.24) is 0 Å². The fourth-order valence-corrected chi connectivity index (χ4v) is 1.66. The number of hydrogen-bond donors (Lipinski definition) is 2. The first kappa shape index (κ1) is 14.0. The number of amides is 1. The van der Waals surface area contributed by atoms with Crippen molar-refractivity contribution in [3.05, 3.63) is 60.2 Å². The van der Waals surface area contributed by atoms with Gasteiger partial charge in [0.1, 0.15) is 11.6 Å². The van der Waals surface area contributed by atoms with Crippen molar-refractivity contribution in [2.75, 3.05) is 17.2 Å². The molecule has 0 aliphatic rings. The van der Waals surface area contributed by atoms with Gasteiger partial charge in [-0.2, -0.15) is 0 Å². The molecule has 0 atom stereocenters. The number of halogens is 2. The van der Waals surface area contributed by atoms with Crippen LogP contribution in [0.2, 0.25) is 0 Å². The van der Waals surface area contributed by atoms with Gasteiger partial charge >= 0.3 is 0 Å². The van der Waals surface area contributed by atoms with Gasteiger partial charge in [0.25, 0.3) is 0 Å². The fraction of sp³-hybridized carbons (Fsp3) is 0.133. The Bertz CT molecular complexity index is 585. The highest BCUT2D eigenvalue weighted by atomic mass is 19.1. The number of carbonyl (C=O) groups is 1. The second-order valence-electron chi connectivity index (χ2n) is 4.21. The molecule has 0 saturated heterocycles. The van der Waals surface area contributed by atoms with Crippen LogP contribution in [0, 0.1) is 11.6 Å². The van der Waals surface area contributed by atoms with Crippen LogP contribution in [-0.2, 0) is 4.79 Å². The number of carbonyl (C=O) groups excluding carboxylic acids is 1. The lowest BCUT2D eigenvalue weighted by atomic mass is 10.3. The molecule has 0 unspecified atom stereocenters. The van der Waals surface area contributed by atoms with Crippen LogP contribution in [0.4, 0.5) is 20.2 Å². The molecule has 104 valence electrons. The van der Waals surface area contributed by atoms with E-state index in [1.54, 1.807) is 24.3 Å². The highest BCUT2D eigenvalue weighted by Gasteiger charge is 2.05. The number of benzene rings is 2. The SMILES string of the molecule is O=C(CCNc1ccc(F)cc1)Nc1ccccc1F. The van der Waals surface area contributed by atoms with E-state index in [0.717, 1.165) is 5.69 Å². The summed E-state index contributed by atoms with van der Waals surface area (Å²) in [4.78, 5) is 11.6. The fourth-order valence-electron chi connectivity index (χ4n) is 1.66. The van der Waals surface area contributed by atoms with Crippen molar-refractivity contribution in [1.29, 1.82) is 0 Å². The maximum atomic E-state index is 13.3. The van der Waals surface area contributed by atoms with Crippen molar-refractivity contribution in [3.8, 4) is 0 Å². The minimum Gasteiger partial charge on any atom is -0.385 e. The van der Waals surface area contributed by atoms with E-state index in [1.807, 2.05) is 0 Å². The molecule has 0 heterocycles. The first-order valence-electron chi connectivity index (χ1n) is 6.19. The molecule has 3 nitrogen and oxygen atoms in total. The van der Waals surface area contributed by atoms with Crippen LogP contribution in [0.5, 0.6) is 0 Å². The third kappa shape index (κ3) is 4.05. The Morgan fingerprint density at radius 3 is 2.40 bits per heavy atom. The van der Waals surface area contributed by atoms with E-state index in [1.165, 1.54) is 24.3 Å². The third-order valence-electron chi connectivity index (χ3n) is 2.67. The molecule has 0 spiro atoms. The molecule has 20 heavy (non-hydrogen) atoms. The van der Waals surface area contributed by atoms with Crippen molar-refractivity contribution >= 4 is 17.3 Å². The van der Waals surface area contributed by atoms with Crippen molar-refractivity contribution in [3.63, 3.8) is 0 Å². The number of anilines is 2. The number of rotatable bonds is 5. The normalized spacial score (nSPS) is 10.1. The monoisotopic (exact) mass is 276 g/mol. The summed E-state index contributed by atoms with van der Waals surface area (Å²) in [5.41, 5.74) is 0.893. The topological polar surface area (TPSA) is 41.1 Å². The summed E-state index contributed by atoms with van der Waals surface area (Å²) < 4.78 is 26.0. The van der Waals surface area contributed by atoms with Gasteiger partial charge in [-0.1, -0.05) is 12.1 Å². The molecule has 0 radical (unpaired) electrons. The summed E-state index contributed by atoms with van der Waals surface area (Å²) in [6.07, 6.45) is 0.186. The number of para-hydroxylation sites is 1. The minimum absolute atomic E-state index is 0.166. The first-order valence-corrected chi connectivity index (χ1v) is 6.19. The Kier molecular flexibility index (Phi) is 4.65. The lowest BCUT2D eigenvalue weighted by Gasteiger charge is -2.08. The van der Waals surface area contributed by atoms with Crippen LogP contribution in [0.1, 0.15) is 6.42 Å². The Morgan fingerprint density at radius 1 is 1.00 bits per heavy atom. The van der Waals surface area contributed by atoms with Gasteiger partial charge in [0.05, 0.1) is 5.69 Å². The van der Waals surface area contributed by atoms with Crippen molar-refractivity contribution in [2.45, 2.75) is 6.42 Å². The van der Waals surface area contributed by atoms with Crippen LogP contribution in [0.15, 0.2) is 48.5 Å². The van der Waals surface area contributed by atoms with Crippen LogP contribution >= 0.6 is 0 Å². The molecule has 0 bridgehead atoms. The molecule has 0 fully saturated rings. The van der Waals surface area contributed by atoms with Gasteiger partial charge in [-0.3, -0.25) is 4.79 Å². The molecule has 0 saturated carbocycles. The molecular weight excluding hydrogens is 262 g/mol. The smallest absolute Gasteiger partial charge is 0.226 e. The van der Waals surface area contributed by atoms with Crippen LogP contribution in [0.25, 0.3) is 0 Å². The highest BCUT2D eigenvalue weighted by Crippen LogP contribution is 2.13. The van der Waals surface area contributed by atoms with Gasteiger partial charge in [0.2, 0.25) is 5.91 Å². The lowest BCUT2D eigenvalue weighted by Crippen LogP contribution is -2.16. The van der Waals surface area contributed by atoms with Gasteiger partial charge < -0.3 is 10.6 Å². The number of hydrogen-bond acceptors (Lipinski definition) is 2. The standard InChI is InChI=1S/C15H14F2N2O/c16-11-5-7-12(8-6-11)18-10-9-15(20)19-14-4-2-1-3-13(14)17/h1-8,18H,9-10H2,(H,19,20). The highest BCUT2D eigenvalue weighted by molar-refractivity contribution is 5.91. The molecule has 0 aromatic heterocycles. The zero-order valence-corrected chi connectivity index (χ0v) is 10.7. The predicted molar refractivity (Wildman–Crippen MR) is 74.5 cm³/mol. The summed E-state index contributed by atoms with van der Waals surface area (Å²) in [6.45, 7) is 0.381. The summed E-state index contributed by atoms with van der Waals surface area (Å²) in [7, 11) is 0. The largest absolute Gasteiger partial charge is 0.385 e. The zero-order valence-electron chi connectivity index (χ0n) is 10.7. The van der Waals surface area contributed by atoms with E-state index < -0.39 is 5.82 Å². The number of nitrogens with one attached hydrogen (secondary N) is 2. The average molecular weight is 276 g/mol. The lowest BCUT2D eigenvalue weighted by molar-refractivity contribution is -0.116. The van der Waals surface area contributed by atoms with E-state index >= 15 is 0 Å².